The molecule has 0 spiro atoms. The molecule has 0 saturated heterocycles. The van der Waals surface area contributed by atoms with Crippen LogP contribution in [0.5, 0.6) is 0 Å². The van der Waals surface area contributed by atoms with Crippen molar-refractivity contribution in [2.75, 3.05) is 5.73 Å². The van der Waals surface area contributed by atoms with Crippen molar-refractivity contribution in [3.63, 3.8) is 0 Å². The predicted molar refractivity (Wildman–Crippen MR) is 97.6 cm³/mol. The zero-order valence-corrected chi connectivity index (χ0v) is 15.2. The minimum Gasteiger partial charge on any atom is -0.374 e. The molecule has 0 fully saturated rings. The van der Waals surface area contributed by atoms with E-state index in [1.807, 2.05) is 55.8 Å². The number of anilines is 1. The highest BCUT2D eigenvalue weighted by atomic mass is 32.1. The van der Waals surface area contributed by atoms with Crippen LogP contribution in [-0.2, 0) is 11.2 Å². The minimum absolute atomic E-state index is 0.0833. The van der Waals surface area contributed by atoms with E-state index in [-0.39, 0.29) is 18.4 Å². The average Bonchev–Trinajstić information content (AvgIpc) is 3.14. The molecule has 3 aromatic rings. The van der Waals surface area contributed by atoms with E-state index in [2.05, 4.69) is 20.6 Å². The Morgan fingerprint density at radius 3 is 2.64 bits per heavy atom. The van der Waals surface area contributed by atoms with Gasteiger partial charge in [0.25, 0.3) is 0 Å². The summed E-state index contributed by atoms with van der Waals surface area (Å²) in [5.41, 5.74) is 9.32. The molecule has 0 aliphatic heterocycles. The first-order chi connectivity index (χ1) is 12.0. The molecule has 130 valence electrons. The van der Waals surface area contributed by atoms with Crippen molar-refractivity contribution < 1.29 is 4.79 Å². The van der Waals surface area contributed by atoms with Gasteiger partial charge in [0.2, 0.25) is 11.0 Å². The van der Waals surface area contributed by atoms with E-state index < -0.39 is 0 Å². The normalized spacial score (nSPS) is 12.1. The lowest BCUT2D eigenvalue weighted by Crippen LogP contribution is -2.28. The molecule has 0 unspecified atom stereocenters. The number of hydrogen-bond donors (Lipinski definition) is 2. The number of aryl methyl sites for hydroxylation is 1. The molecule has 2 heterocycles. The molecule has 25 heavy (non-hydrogen) atoms. The number of nitrogens with one attached hydrogen (secondary N) is 1. The van der Waals surface area contributed by atoms with Crippen molar-refractivity contribution in [3.05, 3.63) is 52.3 Å². The van der Waals surface area contributed by atoms with Gasteiger partial charge in [0, 0.05) is 11.3 Å². The fourth-order valence-electron chi connectivity index (χ4n) is 2.69. The lowest BCUT2D eigenvalue weighted by atomic mass is 10.1. The lowest BCUT2D eigenvalue weighted by molar-refractivity contribution is -0.121. The Balaban J connectivity index is 1.74. The van der Waals surface area contributed by atoms with Gasteiger partial charge in [-0.15, -0.1) is 10.2 Å². The van der Waals surface area contributed by atoms with Crippen LogP contribution in [0.1, 0.15) is 34.9 Å². The van der Waals surface area contributed by atoms with Crippen LogP contribution < -0.4 is 11.1 Å². The van der Waals surface area contributed by atoms with Crippen molar-refractivity contribution in [2.24, 2.45) is 0 Å². The van der Waals surface area contributed by atoms with Crippen LogP contribution in [-0.4, -0.2) is 25.9 Å². The second kappa shape index (κ2) is 7.02. The number of nitrogens with zero attached hydrogens (tertiary/aromatic N) is 4. The molecule has 0 aliphatic rings. The maximum absolute atomic E-state index is 12.4. The van der Waals surface area contributed by atoms with Crippen molar-refractivity contribution in [3.8, 4) is 5.69 Å². The highest BCUT2D eigenvalue weighted by molar-refractivity contribution is 7.15. The summed E-state index contributed by atoms with van der Waals surface area (Å²) in [6.45, 7) is 5.76. The summed E-state index contributed by atoms with van der Waals surface area (Å²) in [6, 6.07) is 9.65. The summed E-state index contributed by atoms with van der Waals surface area (Å²) in [7, 11) is 0. The number of nitrogen functional groups attached to an aromatic ring is 1. The van der Waals surface area contributed by atoms with Gasteiger partial charge in [0.1, 0.15) is 5.01 Å². The Morgan fingerprint density at radius 2 is 2.00 bits per heavy atom. The van der Waals surface area contributed by atoms with Gasteiger partial charge < -0.3 is 11.1 Å². The minimum atomic E-state index is -0.230. The Morgan fingerprint density at radius 1 is 1.28 bits per heavy atom. The lowest BCUT2D eigenvalue weighted by Gasteiger charge is -2.11. The summed E-state index contributed by atoms with van der Waals surface area (Å²) in [6.07, 6.45) is 0.267. The van der Waals surface area contributed by atoms with Gasteiger partial charge in [-0.2, -0.15) is 5.10 Å². The Bertz CT molecular complexity index is 886. The second-order valence-corrected chi connectivity index (χ2v) is 6.88. The van der Waals surface area contributed by atoms with E-state index >= 15 is 0 Å². The molecule has 3 rings (SSSR count). The fraction of sp³-hybridized carbons (Fsp3) is 0.294. The molecule has 2 aromatic heterocycles. The molecule has 1 atom stereocenters. The number of rotatable bonds is 5. The van der Waals surface area contributed by atoms with Crippen LogP contribution >= 0.6 is 11.3 Å². The van der Waals surface area contributed by atoms with E-state index in [9.17, 15) is 4.79 Å². The summed E-state index contributed by atoms with van der Waals surface area (Å²) >= 11 is 1.28. The number of para-hydroxylation sites is 1. The first kappa shape index (κ1) is 17.1. The van der Waals surface area contributed by atoms with Crippen molar-refractivity contribution in [1.82, 2.24) is 25.3 Å². The first-order valence-electron chi connectivity index (χ1n) is 7.94. The Labute approximate surface area is 149 Å². The van der Waals surface area contributed by atoms with E-state index in [4.69, 9.17) is 5.73 Å². The largest absolute Gasteiger partial charge is 0.374 e. The summed E-state index contributed by atoms with van der Waals surface area (Å²) in [4.78, 5) is 12.4. The summed E-state index contributed by atoms with van der Waals surface area (Å²) in [5, 5.41) is 16.3. The SMILES string of the molecule is Cc1nn(-c2ccccc2)c(C)c1CC(=O)N[C@@H](C)c1nnc(N)s1. The van der Waals surface area contributed by atoms with E-state index in [0.29, 0.717) is 10.1 Å². The third-order valence-electron chi connectivity index (χ3n) is 3.98. The van der Waals surface area contributed by atoms with Crippen LogP contribution in [0.4, 0.5) is 5.13 Å². The van der Waals surface area contributed by atoms with Gasteiger partial charge in [-0.05, 0) is 32.9 Å². The predicted octanol–water partition coefficient (Wildman–Crippen LogP) is 2.34. The number of benzene rings is 1. The van der Waals surface area contributed by atoms with Crippen molar-refractivity contribution in [2.45, 2.75) is 33.2 Å². The van der Waals surface area contributed by atoms with Gasteiger partial charge in [-0.25, -0.2) is 4.68 Å². The van der Waals surface area contributed by atoms with E-state index in [1.54, 1.807) is 0 Å². The molecular weight excluding hydrogens is 336 g/mol. The molecule has 0 saturated carbocycles. The van der Waals surface area contributed by atoms with Crippen LogP contribution in [0.15, 0.2) is 30.3 Å². The van der Waals surface area contributed by atoms with Crippen LogP contribution in [0.2, 0.25) is 0 Å². The highest BCUT2D eigenvalue weighted by Gasteiger charge is 2.18. The zero-order valence-electron chi connectivity index (χ0n) is 14.4. The Kier molecular flexibility index (Phi) is 4.80. The third-order valence-corrected chi connectivity index (χ3v) is 4.92. The molecule has 0 aliphatic carbocycles. The topological polar surface area (TPSA) is 98.7 Å². The van der Waals surface area contributed by atoms with Crippen LogP contribution in [0.25, 0.3) is 5.69 Å². The molecule has 0 radical (unpaired) electrons. The summed E-state index contributed by atoms with van der Waals surface area (Å²) in [5.74, 6) is -0.0833. The van der Waals surface area contributed by atoms with Gasteiger partial charge in [-0.1, -0.05) is 29.5 Å². The van der Waals surface area contributed by atoms with E-state index in [1.165, 1.54) is 11.3 Å². The second-order valence-electron chi connectivity index (χ2n) is 5.84. The van der Waals surface area contributed by atoms with Gasteiger partial charge >= 0.3 is 0 Å². The maximum atomic E-state index is 12.4. The number of aromatic nitrogens is 4. The molecular formula is C17H20N6OS. The number of amides is 1. The molecule has 0 bridgehead atoms. The first-order valence-corrected chi connectivity index (χ1v) is 8.76. The van der Waals surface area contributed by atoms with Crippen molar-refractivity contribution >= 4 is 22.4 Å². The van der Waals surface area contributed by atoms with E-state index in [0.717, 1.165) is 22.6 Å². The quantitative estimate of drug-likeness (QED) is 0.731. The fourth-order valence-corrected chi connectivity index (χ4v) is 3.30. The van der Waals surface area contributed by atoms with Crippen LogP contribution in [0, 0.1) is 13.8 Å². The number of hydrogen-bond acceptors (Lipinski definition) is 6. The van der Waals surface area contributed by atoms with Crippen molar-refractivity contribution in [1.29, 1.82) is 0 Å². The molecule has 7 nitrogen and oxygen atoms in total. The van der Waals surface area contributed by atoms with Gasteiger partial charge in [0.15, 0.2) is 0 Å². The summed E-state index contributed by atoms with van der Waals surface area (Å²) < 4.78 is 1.87. The number of nitrogens with two attached hydrogens (primary N) is 1. The monoisotopic (exact) mass is 356 g/mol. The number of carbonyl (C=O) groups excluding carboxylic acids is 1. The number of carbonyl (C=O) groups is 1. The molecule has 3 N–H and O–H groups in total. The van der Waals surface area contributed by atoms with Gasteiger partial charge in [0.05, 0.1) is 23.8 Å². The smallest absolute Gasteiger partial charge is 0.225 e. The molecule has 1 aromatic carbocycles. The molecule has 8 heteroatoms. The van der Waals surface area contributed by atoms with Gasteiger partial charge in [-0.3, -0.25) is 4.79 Å². The third kappa shape index (κ3) is 3.69. The average molecular weight is 356 g/mol. The van der Waals surface area contributed by atoms with Crippen LogP contribution in [0.3, 0.4) is 0 Å². The molecule has 1 amide bonds. The Hall–Kier alpha value is -2.74. The standard InChI is InChI=1S/C17H20N6OS/c1-10-14(12(3)23(22-10)13-7-5-4-6-8-13)9-15(24)19-11(2)16-20-21-17(18)25-16/h4-8,11H,9H2,1-3H3,(H2,18,21)(H,19,24)/t11-/m0/s1. The highest BCUT2D eigenvalue weighted by Crippen LogP contribution is 2.21. The zero-order chi connectivity index (χ0) is 18.0. The maximum Gasteiger partial charge on any atom is 0.225 e.